The van der Waals surface area contributed by atoms with Gasteiger partial charge in [-0.15, -0.1) is 0 Å². The fraction of sp³-hybridized carbons (Fsp3) is 0.381. The van der Waals surface area contributed by atoms with E-state index in [1.165, 1.54) is 19.3 Å². The van der Waals surface area contributed by atoms with Gasteiger partial charge in [0, 0.05) is 12.2 Å². The molecule has 0 unspecified atom stereocenters. The number of methoxy groups -OCH3 is 1. The van der Waals surface area contributed by atoms with Crippen LogP contribution in [0.5, 0.6) is 17.2 Å². The molecule has 0 saturated carbocycles. The Balaban J connectivity index is 1.27. The molecule has 4 rings (SSSR count). The van der Waals surface area contributed by atoms with Gasteiger partial charge in [0.2, 0.25) is 0 Å². The van der Waals surface area contributed by atoms with Crippen molar-refractivity contribution < 1.29 is 61.8 Å². The fourth-order valence-corrected chi connectivity index (χ4v) is 5.68. The summed E-state index contributed by atoms with van der Waals surface area (Å²) in [6, 6.07) is 12.0. The van der Waals surface area contributed by atoms with Crippen molar-refractivity contribution in [3.05, 3.63) is 101 Å². The number of aryl methyl sites for hydroxylation is 1. The zero-order valence-electron chi connectivity index (χ0n) is 31.8. The summed E-state index contributed by atoms with van der Waals surface area (Å²) in [7, 11) is 1.46. The summed E-state index contributed by atoms with van der Waals surface area (Å²) in [5.74, 6) is -1.26. The van der Waals surface area contributed by atoms with E-state index in [-0.39, 0.29) is 37.7 Å². The molecule has 15 heteroatoms. The van der Waals surface area contributed by atoms with E-state index in [1.54, 1.807) is 36.4 Å². The van der Waals surface area contributed by atoms with Crippen molar-refractivity contribution in [2.24, 2.45) is 0 Å². The Kier molecular flexibility index (Phi) is 16.9. The van der Waals surface area contributed by atoms with Crippen LogP contribution in [0.1, 0.15) is 42.4 Å². The molecule has 2 saturated heterocycles. The second kappa shape index (κ2) is 22.2. The summed E-state index contributed by atoms with van der Waals surface area (Å²) in [5.41, 5.74) is 1.32. The average molecular weight is 785 g/mol. The van der Waals surface area contributed by atoms with Gasteiger partial charge in [-0.05, 0) is 85.7 Å². The van der Waals surface area contributed by atoms with Crippen molar-refractivity contribution in [3.63, 3.8) is 0 Å². The zero-order valence-corrected chi connectivity index (χ0v) is 31.8. The quantitative estimate of drug-likeness (QED) is 0.0399. The highest BCUT2D eigenvalue weighted by Gasteiger charge is 2.51. The molecule has 2 aromatic rings. The number of benzene rings is 2. The molecule has 300 valence electrons. The highest BCUT2D eigenvalue weighted by molar-refractivity contribution is 5.98. The molecule has 2 aliphatic heterocycles. The number of hydrogen-bond donors (Lipinski definition) is 0. The van der Waals surface area contributed by atoms with Crippen LogP contribution in [-0.4, -0.2) is 95.0 Å². The minimum atomic E-state index is -0.899. The highest BCUT2D eigenvalue weighted by atomic mass is 16.7. The van der Waals surface area contributed by atoms with Crippen molar-refractivity contribution >= 4 is 36.0 Å². The van der Waals surface area contributed by atoms with Gasteiger partial charge in [0.25, 0.3) is 5.70 Å². The summed E-state index contributed by atoms with van der Waals surface area (Å²) in [4.78, 5) is 51.8. The average Bonchev–Trinajstić information content (AvgIpc) is 3.81. The van der Waals surface area contributed by atoms with Gasteiger partial charge < -0.3 is 42.6 Å². The number of ether oxygens (including phenoxy) is 9. The molecule has 0 N–H and O–H groups in total. The molecule has 0 spiro atoms. The van der Waals surface area contributed by atoms with Crippen LogP contribution < -0.4 is 14.2 Å². The van der Waals surface area contributed by atoms with Gasteiger partial charge >= 0.3 is 23.9 Å². The Morgan fingerprint density at radius 1 is 0.789 bits per heavy atom. The summed E-state index contributed by atoms with van der Waals surface area (Å²) in [6.07, 6.45) is 4.20. The van der Waals surface area contributed by atoms with E-state index in [9.17, 15) is 24.4 Å². The number of esters is 4. The maximum absolute atomic E-state index is 13.1. The molecule has 0 aliphatic carbocycles. The van der Waals surface area contributed by atoms with Gasteiger partial charge in [0.1, 0.15) is 29.6 Å². The number of nitrogens with zero attached hydrogens (tertiary/aromatic N) is 2. The number of unbranched alkanes of at least 4 members (excludes halogenated alkanes) is 2. The van der Waals surface area contributed by atoms with E-state index in [0.29, 0.717) is 67.3 Å². The largest absolute Gasteiger partial charge is 0.493 e. The van der Waals surface area contributed by atoms with E-state index in [1.807, 2.05) is 13.0 Å². The van der Waals surface area contributed by atoms with Crippen LogP contribution in [0.2, 0.25) is 0 Å². The highest BCUT2D eigenvalue weighted by Crippen LogP contribution is 2.33. The molecule has 0 bridgehead atoms. The molecular weight excluding hydrogens is 740 g/mol. The fourth-order valence-electron chi connectivity index (χ4n) is 5.68. The van der Waals surface area contributed by atoms with Crippen LogP contribution in [0.3, 0.4) is 0 Å². The molecule has 15 nitrogen and oxygen atoms in total. The van der Waals surface area contributed by atoms with Crippen LogP contribution in [-0.2, 0) is 47.6 Å². The van der Waals surface area contributed by atoms with E-state index in [2.05, 4.69) is 18.0 Å². The van der Waals surface area contributed by atoms with Crippen LogP contribution in [0.4, 0.5) is 0 Å². The van der Waals surface area contributed by atoms with Gasteiger partial charge in [-0.3, -0.25) is 4.79 Å². The Labute approximate surface area is 330 Å². The maximum Gasteiger partial charge on any atom is 0.349 e. The van der Waals surface area contributed by atoms with E-state index in [0.717, 1.165) is 17.7 Å². The first-order chi connectivity index (χ1) is 27.6. The molecule has 4 atom stereocenters. The van der Waals surface area contributed by atoms with E-state index in [4.69, 9.17) is 49.2 Å². The van der Waals surface area contributed by atoms with Crippen molar-refractivity contribution in [1.29, 1.82) is 5.26 Å². The number of rotatable bonds is 21. The lowest BCUT2D eigenvalue weighted by atomic mass is 10.1. The third-order valence-corrected chi connectivity index (χ3v) is 8.56. The van der Waals surface area contributed by atoms with Crippen molar-refractivity contribution in [2.45, 2.75) is 57.0 Å². The molecular formula is C42H44N2O13. The lowest BCUT2D eigenvalue weighted by molar-refractivity contribution is -0.150. The standard InChI is InChI=1S/C42H44N2O13/c1-6-37(45)52-18-10-8-16-50-32-14-12-28(20-27(32)3)22-31(44-4)42(48)57-36-26-55-39-35(25-54-40(36)39)56-41(47)30(24-43)21-29-13-15-33(34(23-29)49-5)51-17-9-11-19-53-38(46)7-2/h6-7,12-15,20-23,35-36,39-40H,1-2,8-11,16-19,25-26H2,3,5H3/b30-21+,31-22-/t35-,36+,39-,40-/m1/s1. The van der Waals surface area contributed by atoms with Crippen LogP contribution >= 0.6 is 0 Å². The minimum absolute atomic E-state index is 0.0554. The predicted octanol–water partition coefficient (Wildman–Crippen LogP) is 5.27. The second-order valence-corrected chi connectivity index (χ2v) is 12.6. The molecule has 57 heavy (non-hydrogen) atoms. The van der Waals surface area contributed by atoms with Gasteiger partial charge in [-0.2, -0.15) is 5.26 Å². The predicted molar refractivity (Wildman–Crippen MR) is 203 cm³/mol. The Bertz CT molecular complexity index is 1940. The number of nitriles is 1. The normalized spacial score (nSPS) is 18.5. The first-order valence-electron chi connectivity index (χ1n) is 18.1. The summed E-state index contributed by atoms with van der Waals surface area (Å²) in [5, 5.41) is 9.79. The topological polar surface area (TPSA) is 179 Å². The third kappa shape index (κ3) is 12.8. The molecule has 0 radical (unpaired) electrons. The lowest BCUT2D eigenvalue weighted by Gasteiger charge is -2.17. The van der Waals surface area contributed by atoms with E-state index < -0.39 is 48.3 Å². The first-order valence-corrected chi connectivity index (χ1v) is 18.1. The summed E-state index contributed by atoms with van der Waals surface area (Å²) >= 11 is 0. The molecule has 2 aliphatic rings. The Hall–Kier alpha value is -6.42. The van der Waals surface area contributed by atoms with Crippen LogP contribution in [0, 0.1) is 24.8 Å². The van der Waals surface area contributed by atoms with E-state index >= 15 is 0 Å². The number of fused-ring (bicyclic) bond motifs is 1. The van der Waals surface area contributed by atoms with Crippen molar-refractivity contribution in [3.8, 4) is 23.3 Å². The van der Waals surface area contributed by atoms with Crippen LogP contribution in [0.25, 0.3) is 17.0 Å². The smallest absolute Gasteiger partial charge is 0.349 e. The summed E-state index contributed by atoms with van der Waals surface area (Å²) < 4.78 is 49.8. The summed E-state index contributed by atoms with van der Waals surface area (Å²) in [6.45, 7) is 17.3. The zero-order chi connectivity index (χ0) is 41.2. The molecule has 2 aromatic carbocycles. The van der Waals surface area contributed by atoms with Crippen molar-refractivity contribution in [1.82, 2.24) is 0 Å². The SMILES string of the molecule is [C-]#[N+]/C(=C\c1ccc(OCCCCOC(=O)C=C)c(C)c1)C(=O)O[C@H]1CO[C@H]2[C@@H]1OC[C@H]2OC(=O)/C(C#N)=C/c1ccc(OCCCCOC(=O)C=C)c(OC)c1. The van der Waals surface area contributed by atoms with Gasteiger partial charge in [-0.1, -0.05) is 25.3 Å². The Morgan fingerprint density at radius 3 is 1.84 bits per heavy atom. The maximum atomic E-state index is 13.1. The van der Waals surface area contributed by atoms with Crippen LogP contribution in [0.15, 0.2) is 73.0 Å². The molecule has 0 amide bonds. The monoisotopic (exact) mass is 784 g/mol. The Morgan fingerprint density at radius 2 is 1.32 bits per heavy atom. The third-order valence-electron chi connectivity index (χ3n) is 8.56. The molecule has 2 fully saturated rings. The minimum Gasteiger partial charge on any atom is -0.493 e. The molecule has 2 heterocycles. The van der Waals surface area contributed by atoms with Crippen molar-refractivity contribution in [2.75, 3.05) is 46.8 Å². The molecule has 0 aromatic heterocycles. The number of hydrogen-bond acceptors (Lipinski definition) is 14. The van der Waals surface area contributed by atoms with Gasteiger partial charge in [0.05, 0.1) is 53.3 Å². The second-order valence-electron chi connectivity index (χ2n) is 12.6. The number of carbonyl (C=O) groups excluding carboxylic acids is 4. The lowest BCUT2D eigenvalue weighted by Crippen LogP contribution is -2.36. The van der Waals surface area contributed by atoms with Gasteiger partial charge in [-0.25, -0.2) is 19.2 Å². The van der Waals surface area contributed by atoms with Gasteiger partial charge in [0.15, 0.2) is 23.7 Å². The number of carbonyl (C=O) groups is 4. The first kappa shape index (κ1) is 43.3.